The van der Waals surface area contributed by atoms with E-state index in [0.29, 0.717) is 12.1 Å². The van der Waals surface area contributed by atoms with Gasteiger partial charge in [-0.05, 0) is 36.1 Å². The van der Waals surface area contributed by atoms with E-state index in [0.717, 1.165) is 11.1 Å². The molecule has 0 fully saturated rings. The first kappa shape index (κ1) is 16.0. The predicted octanol–water partition coefficient (Wildman–Crippen LogP) is 3.87. The number of rotatable bonds is 3. The van der Waals surface area contributed by atoms with Crippen molar-refractivity contribution in [2.75, 3.05) is 0 Å². The zero-order valence-electron chi connectivity index (χ0n) is 13.6. The third kappa shape index (κ3) is 3.90. The van der Waals surface area contributed by atoms with Crippen molar-refractivity contribution in [2.24, 2.45) is 0 Å². The molecule has 0 aliphatic rings. The second kappa shape index (κ2) is 7.12. The minimum atomic E-state index is -1.26. The molecule has 0 bridgehead atoms. The van der Waals surface area contributed by atoms with E-state index in [4.69, 9.17) is 0 Å². The summed E-state index contributed by atoms with van der Waals surface area (Å²) in [4.78, 5) is 4.21. The average Bonchev–Trinajstić information content (AvgIpc) is 2.62. The van der Waals surface area contributed by atoms with Crippen LogP contribution in [0.3, 0.4) is 0 Å². The van der Waals surface area contributed by atoms with E-state index in [2.05, 4.69) is 22.9 Å². The monoisotopic (exact) mass is 313 g/mol. The van der Waals surface area contributed by atoms with E-state index in [1.54, 1.807) is 6.20 Å². The second-order valence-corrected chi connectivity index (χ2v) is 5.86. The van der Waals surface area contributed by atoms with Crippen LogP contribution in [0.25, 0.3) is 0 Å². The van der Waals surface area contributed by atoms with Crippen LogP contribution in [0.4, 0.5) is 0 Å². The highest BCUT2D eigenvalue weighted by Gasteiger charge is 2.27. The van der Waals surface area contributed by atoms with Crippen molar-refractivity contribution in [2.45, 2.75) is 18.9 Å². The van der Waals surface area contributed by atoms with Gasteiger partial charge in [0.1, 0.15) is 5.69 Å². The maximum atomic E-state index is 11.3. The van der Waals surface area contributed by atoms with Crippen molar-refractivity contribution in [3.05, 3.63) is 101 Å². The Balaban J connectivity index is 2.00. The van der Waals surface area contributed by atoms with Gasteiger partial charge in [-0.1, -0.05) is 72.1 Å². The molecule has 2 nitrogen and oxygen atoms in total. The summed E-state index contributed by atoms with van der Waals surface area (Å²) in [5, 5.41) is 11.3. The summed E-state index contributed by atoms with van der Waals surface area (Å²) in [5.74, 6) is 6.05. The van der Waals surface area contributed by atoms with Crippen LogP contribution in [0, 0.1) is 18.8 Å². The molecule has 1 N–H and O–H groups in total. The lowest BCUT2D eigenvalue weighted by atomic mass is 9.87. The highest BCUT2D eigenvalue weighted by Crippen LogP contribution is 2.25. The highest BCUT2D eigenvalue weighted by molar-refractivity contribution is 5.39. The fourth-order valence-corrected chi connectivity index (χ4v) is 2.65. The van der Waals surface area contributed by atoms with Crippen LogP contribution in [0.15, 0.2) is 79.0 Å². The fourth-order valence-electron chi connectivity index (χ4n) is 2.65. The summed E-state index contributed by atoms with van der Waals surface area (Å²) in [7, 11) is 0. The van der Waals surface area contributed by atoms with Crippen molar-refractivity contribution < 1.29 is 5.11 Å². The Morgan fingerprint density at radius 3 is 2.46 bits per heavy atom. The molecule has 1 unspecified atom stereocenters. The Morgan fingerprint density at radius 2 is 1.75 bits per heavy atom. The minimum Gasteiger partial charge on any atom is -0.373 e. The standard InChI is InChI=1S/C22H19NO/c1-18-8-7-9-19(16-18)17-22(24,20-10-3-2-4-11-20)14-13-21-12-5-6-15-23-21/h2-12,15-16,24H,17H2,1H3. The molecule has 0 spiro atoms. The van der Waals surface area contributed by atoms with Gasteiger partial charge in [0.15, 0.2) is 5.60 Å². The van der Waals surface area contributed by atoms with Crippen molar-refractivity contribution in [1.82, 2.24) is 4.98 Å². The number of pyridine rings is 1. The maximum Gasteiger partial charge on any atom is 0.155 e. The summed E-state index contributed by atoms with van der Waals surface area (Å²) < 4.78 is 0. The summed E-state index contributed by atoms with van der Waals surface area (Å²) in [6.45, 7) is 2.05. The van der Waals surface area contributed by atoms with Crippen LogP contribution in [-0.2, 0) is 12.0 Å². The topological polar surface area (TPSA) is 33.1 Å². The molecule has 0 amide bonds. The van der Waals surface area contributed by atoms with Gasteiger partial charge in [0, 0.05) is 12.6 Å². The smallest absolute Gasteiger partial charge is 0.155 e. The molecule has 1 aromatic heterocycles. The lowest BCUT2D eigenvalue weighted by molar-refractivity contribution is 0.101. The number of hydrogen-bond acceptors (Lipinski definition) is 2. The van der Waals surface area contributed by atoms with Crippen LogP contribution < -0.4 is 0 Å². The van der Waals surface area contributed by atoms with Crippen LogP contribution in [0.5, 0.6) is 0 Å². The third-order valence-electron chi connectivity index (χ3n) is 3.86. The fraction of sp³-hybridized carbons (Fsp3) is 0.136. The normalized spacial score (nSPS) is 12.8. The Labute approximate surface area is 142 Å². The largest absolute Gasteiger partial charge is 0.373 e. The van der Waals surface area contributed by atoms with E-state index < -0.39 is 5.60 Å². The third-order valence-corrected chi connectivity index (χ3v) is 3.86. The minimum absolute atomic E-state index is 0.429. The van der Waals surface area contributed by atoms with Gasteiger partial charge >= 0.3 is 0 Å². The van der Waals surface area contributed by atoms with Gasteiger partial charge in [-0.15, -0.1) is 0 Å². The molecule has 1 atom stereocenters. The number of hydrogen-bond donors (Lipinski definition) is 1. The number of aromatic nitrogens is 1. The van der Waals surface area contributed by atoms with Gasteiger partial charge < -0.3 is 5.11 Å². The lowest BCUT2D eigenvalue weighted by Gasteiger charge is -2.23. The van der Waals surface area contributed by atoms with Crippen molar-refractivity contribution in [3.8, 4) is 11.8 Å². The average molecular weight is 313 g/mol. The van der Waals surface area contributed by atoms with E-state index in [1.165, 1.54) is 5.56 Å². The molecular weight excluding hydrogens is 294 g/mol. The summed E-state index contributed by atoms with van der Waals surface area (Å²) in [5.41, 5.74) is 2.40. The van der Waals surface area contributed by atoms with E-state index in [-0.39, 0.29) is 0 Å². The number of benzene rings is 2. The molecule has 3 aromatic rings. The molecule has 3 rings (SSSR count). The molecular formula is C22H19NO. The Bertz CT molecular complexity index is 862. The molecule has 2 heteroatoms. The van der Waals surface area contributed by atoms with Gasteiger partial charge in [-0.25, -0.2) is 4.98 Å². The number of nitrogens with zero attached hydrogens (tertiary/aromatic N) is 1. The highest BCUT2D eigenvalue weighted by atomic mass is 16.3. The second-order valence-electron chi connectivity index (χ2n) is 5.86. The molecule has 0 aliphatic heterocycles. The van der Waals surface area contributed by atoms with Crippen molar-refractivity contribution in [1.29, 1.82) is 0 Å². The van der Waals surface area contributed by atoms with E-state index >= 15 is 0 Å². The van der Waals surface area contributed by atoms with Crippen LogP contribution in [-0.4, -0.2) is 10.1 Å². The molecule has 0 saturated heterocycles. The Hall–Kier alpha value is -2.89. The molecule has 0 saturated carbocycles. The molecule has 0 aliphatic carbocycles. The molecule has 2 aromatic carbocycles. The van der Waals surface area contributed by atoms with E-state index in [9.17, 15) is 5.11 Å². The SMILES string of the molecule is Cc1cccc(CC(O)(C#Cc2ccccn2)c2ccccc2)c1. The summed E-state index contributed by atoms with van der Waals surface area (Å²) in [6.07, 6.45) is 2.13. The van der Waals surface area contributed by atoms with Crippen LogP contribution in [0.2, 0.25) is 0 Å². The van der Waals surface area contributed by atoms with Gasteiger partial charge in [0.05, 0.1) is 0 Å². The quantitative estimate of drug-likeness (QED) is 0.745. The molecule has 24 heavy (non-hydrogen) atoms. The number of aliphatic hydroxyl groups is 1. The first-order chi connectivity index (χ1) is 11.7. The van der Waals surface area contributed by atoms with Crippen molar-refractivity contribution in [3.63, 3.8) is 0 Å². The van der Waals surface area contributed by atoms with Crippen LogP contribution in [0.1, 0.15) is 22.4 Å². The molecule has 1 heterocycles. The maximum absolute atomic E-state index is 11.3. The summed E-state index contributed by atoms with van der Waals surface area (Å²) in [6, 6.07) is 23.3. The van der Waals surface area contributed by atoms with E-state index in [1.807, 2.05) is 73.7 Å². The zero-order valence-corrected chi connectivity index (χ0v) is 13.6. The predicted molar refractivity (Wildman–Crippen MR) is 96.3 cm³/mol. The molecule has 0 radical (unpaired) electrons. The van der Waals surface area contributed by atoms with Crippen LogP contribution >= 0.6 is 0 Å². The zero-order chi connectivity index (χ0) is 16.8. The number of aryl methyl sites for hydroxylation is 1. The lowest BCUT2D eigenvalue weighted by Crippen LogP contribution is -2.26. The first-order valence-corrected chi connectivity index (χ1v) is 7.93. The van der Waals surface area contributed by atoms with Gasteiger partial charge in [0.2, 0.25) is 0 Å². The molecule has 118 valence electrons. The van der Waals surface area contributed by atoms with Gasteiger partial charge in [-0.2, -0.15) is 0 Å². The van der Waals surface area contributed by atoms with Gasteiger partial charge in [-0.3, -0.25) is 0 Å². The Kier molecular flexibility index (Phi) is 4.74. The summed E-state index contributed by atoms with van der Waals surface area (Å²) >= 11 is 0. The van der Waals surface area contributed by atoms with Crippen molar-refractivity contribution >= 4 is 0 Å². The Morgan fingerprint density at radius 1 is 0.958 bits per heavy atom. The van der Waals surface area contributed by atoms with Gasteiger partial charge in [0.25, 0.3) is 0 Å². The first-order valence-electron chi connectivity index (χ1n) is 7.93.